The molecule has 5 nitrogen and oxygen atoms in total. The molecular formula is C23H27ClN4O. The molecule has 1 amide bonds. The van der Waals surface area contributed by atoms with Crippen molar-refractivity contribution in [2.45, 2.75) is 32.2 Å². The van der Waals surface area contributed by atoms with E-state index in [9.17, 15) is 4.79 Å². The third kappa shape index (κ3) is 4.02. The summed E-state index contributed by atoms with van der Waals surface area (Å²) in [6, 6.07) is 14.6. The average Bonchev–Trinajstić information content (AvgIpc) is 3.04. The fourth-order valence-electron chi connectivity index (χ4n) is 4.22. The third-order valence-electron chi connectivity index (χ3n) is 5.57. The molecular weight excluding hydrogens is 384 g/mol. The molecule has 2 aliphatic rings. The number of rotatable bonds is 2. The van der Waals surface area contributed by atoms with Gasteiger partial charge in [-0.25, -0.2) is 4.98 Å². The van der Waals surface area contributed by atoms with Gasteiger partial charge >= 0.3 is 0 Å². The minimum absolute atomic E-state index is 0.0130. The number of carbonyl (C=O) groups is 1. The lowest BCUT2D eigenvalue weighted by Crippen LogP contribution is -2.28. The van der Waals surface area contributed by atoms with Crippen molar-refractivity contribution in [3.63, 3.8) is 0 Å². The Morgan fingerprint density at radius 3 is 2.69 bits per heavy atom. The molecule has 3 heterocycles. The largest absolute Gasteiger partial charge is 0.350 e. The number of carbonyl (C=O) groups excluding carboxylic acids is 1. The molecule has 1 unspecified atom stereocenters. The van der Waals surface area contributed by atoms with E-state index in [1.165, 1.54) is 18.4 Å². The number of halogens is 1. The minimum atomic E-state index is -0.0130. The molecule has 1 fully saturated rings. The Kier molecular flexibility index (Phi) is 6.16. The van der Waals surface area contributed by atoms with Gasteiger partial charge < -0.3 is 15.2 Å². The molecule has 1 aromatic heterocycles. The number of hydrogen-bond acceptors (Lipinski definition) is 3. The molecule has 29 heavy (non-hydrogen) atoms. The predicted octanol–water partition coefficient (Wildman–Crippen LogP) is 4.16. The zero-order valence-corrected chi connectivity index (χ0v) is 17.5. The molecule has 0 spiro atoms. The normalized spacial score (nSPS) is 18.6. The molecule has 0 saturated carbocycles. The summed E-state index contributed by atoms with van der Waals surface area (Å²) >= 11 is 5.00. The van der Waals surface area contributed by atoms with Gasteiger partial charge in [-0.3, -0.25) is 4.79 Å². The van der Waals surface area contributed by atoms with Crippen LogP contribution < -0.4 is 10.6 Å². The Morgan fingerprint density at radius 2 is 1.97 bits per heavy atom. The van der Waals surface area contributed by atoms with E-state index >= 15 is 0 Å². The first kappa shape index (κ1) is 19.9. The number of alkyl halides is 1. The van der Waals surface area contributed by atoms with Crippen molar-refractivity contribution >= 4 is 28.5 Å². The van der Waals surface area contributed by atoms with Crippen LogP contribution in [0.25, 0.3) is 22.4 Å². The monoisotopic (exact) mass is 410 g/mol. The lowest BCUT2D eigenvalue weighted by molar-refractivity contribution is 0.0956. The maximum absolute atomic E-state index is 12.3. The van der Waals surface area contributed by atoms with Crippen molar-refractivity contribution in [1.29, 1.82) is 0 Å². The molecule has 2 aromatic carbocycles. The molecule has 152 valence electrons. The summed E-state index contributed by atoms with van der Waals surface area (Å²) in [6.07, 6.45) is 2.49. The van der Waals surface area contributed by atoms with E-state index in [2.05, 4.69) is 39.5 Å². The summed E-state index contributed by atoms with van der Waals surface area (Å²) in [6.45, 7) is 5.45. The number of imidazole rings is 1. The number of aromatic nitrogens is 2. The van der Waals surface area contributed by atoms with Crippen molar-refractivity contribution < 1.29 is 4.79 Å². The van der Waals surface area contributed by atoms with Crippen LogP contribution in [0.15, 0.2) is 42.5 Å². The zero-order valence-electron chi connectivity index (χ0n) is 16.7. The molecule has 2 N–H and O–H groups in total. The van der Waals surface area contributed by atoms with Crippen LogP contribution in [0.1, 0.15) is 41.6 Å². The van der Waals surface area contributed by atoms with Crippen LogP contribution >= 0.6 is 11.6 Å². The second-order valence-electron chi connectivity index (χ2n) is 7.45. The topological polar surface area (TPSA) is 59.0 Å². The number of hydrogen-bond donors (Lipinski definition) is 2. The standard InChI is InChI=1S/C21H22N4O.C2H5Cl/c26-21-17-4-1-5-18-19(17)25(12-11-23-21)20(24-18)15-8-6-14(7-9-15)16-3-2-10-22-13-16;1-2-3/h1,4-9,16,22H,2-3,10-13H2,(H,23,26);2H2,1H3. The van der Waals surface area contributed by atoms with E-state index in [-0.39, 0.29) is 5.91 Å². The fraction of sp³-hybridized carbons (Fsp3) is 0.391. The number of para-hydroxylation sites is 1. The van der Waals surface area contributed by atoms with Crippen LogP contribution in [0.3, 0.4) is 0 Å². The van der Waals surface area contributed by atoms with Gasteiger partial charge in [-0.15, -0.1) is 11.6 Å². The number of piperidine rings is 1. The first-order valence-corrected chi connectivity index (χ1v) is 10.9. The van der Waals surface area contributed by atoms with Crippen LogP contribution in [0.5, 0.6) is 0 Å². The SMILES string of the molecule is CCCl.O=C1NCCn2c(-c3ccc(C4CCCNC4)cc3)nc3cccc1c32. The Labute approximate surface area is 176 Å². The third-order valence-corrected chi connectivity index (χ3v) is 5.57. The molecule has 2 aliphatic heterocycles. The van der Waals surface area contributed by atoms with Gasteiger partial charge in [-0.2, -0.15) is 0 Å². The Bertz CT molecular complexity index is 990. The van der Waals surface area contributed by atoms with Crippen LogP contribution in [0, 0.1) is 0 Å². The van der Waals surface area contributed by atoms with Gasteiger partial charge in [0.15, 0.2) is 0 Å². The van der Waals surface area contributed by atoms with Crippen molar-refractivity contribution in [2.75, 3.05) is 25.5 Å². The second kappa shape index (κ2) is 8.97. The van der Waals surface area contributed by atoms with Crippen LogP contribution in [-0.4, -0.2) is 41.0 Å². The molecule has 5 rings (SSSR count). The quantitative estimate of drug-likeness (QED) is 0.623. The van der Waals surface area contributed by atoms with E-state index in [0.29, 0.717) is 18.0 Å². The van der Waals surface area contributed by atoms with Gasteiger partial charge in [0.05, 0.1) is 16.6 Å². The summed E-state index contributed by atoms with van der Waals surface area (Å²) < 4.78 is 2.18. The molecule has 0 bridgehead atoms. The van der Waals surface area contributed by atoms with Gasteiger partial charge in [-0.05, 0) is 43.0 Å². The maximum Gasteiger partial charge on any atom is 0.253 e. The predicted molar refractivity (Wildman–Crippen MR) is 119 cm³/mol. The van der Waals surface area contributed by atoms with E-state index in [1.54, 1.807) is 0 Å². The number of nitrogens with one attached hydrogen (secondary N) is 2. The molecule has 3 aromatic rings. The first-order chi connectivity index (χ1) is 14.2. The molecule has 1 atom stereocenters. The van der Waals surface area contributed by atoms with Gasteiger partial charge in [0.2, 0.25) is 0 Å². The summed E-state index contributed by atoms with van der Waals surface area (Å²) in [4.78, 5) is 17.1. The highest BCUT2D eigenvalue weighted by molar-refractivity contribution is 6.17. The summed E-state index contributed by atoms with van der Waals surface area (Å²) in [5.74, 6) is 2.25. The zero-order chi connectivity index (χ0) is 20.2. The minimum Gasteiger partial charge on any atom is -0.350 e. The Balaban J connectivity index is 0.000000645. The highest BCUT2D eigenvalue weighted by Crippen LogP contribution is 2.30. The lowest BCUT2D eigenvalue weighted by atomic mass is 9.91. The van der Waals surface area contributed by atoms with Gasteiger partial charge in [-0.1, -0.05) is 37.3 Å². The van der Waals surface area contributed by atoms with E-state index < -0.39 is 0 Å². The first-order valence-electron chi connectivity index (χ1n) is 10.4. The molecule has 0 radical (unpaired) electrons. The Hall–Kier alpha value is -2.37. The average molecular weight is 411 g/mol. The number of benzene rings is 2. The highest BCUT2D eigenvalue weighted by Gasteiger charge is 2.22. The van der Waals surface area contributed by atoms with Crippen LogP contribution in [-0.2, 0) is 6.54 Å². The van der Waals surface area contributed by atoms with Crippen molar-refractivity contribution in [2.24, 2.45) is 0 Å². The molecule has 6 heteroatoms. The smallest absolute Gasteiger partial charge is 0.253 e. The summed E-state index contributed by atoms with van der Waals surface area (Å²) in [5, 5.41) is 6.46. The Morgan fingerprint density at radius 1 is 1.17 bits per heavy atom. The van der Waals surface area contributed by atoms with Gasteiger partial charge in [0, 0.05) is 31.1 Å². The number of amides is 1. The summed E-state index contributed by atoms with van der Waals surface area (Å²) in [5.41, 5.74) is 5.04. The van der Waals surface area contributed by atoms with Gasteiger partial charge in [0.25, 0.3) is 5.91 Å². The van der Waals surface area contributed by atoms with Crippen LogP contribution in [0.4, 0.5) is 0 Å². The lowest BCUT2D eigenvalue weighted by Gasteiger charge is -2.23. The number of nitrogens with zero attached hydrogens (tertiary/aromatic N) is 2. The van der Waals surface area contributed by atoms with Crippen molar-refractivity contribution in [3.05, 3.63) is 53.6 Å². The van der Waals surface area contributed by atoms with Crippen molar-refractivity contribution in [3.8, 4) is 11.4 Å². The van der Waals surface area contributed by atoms with Crippen molar-refractivity contribution in [1.82, 2.24) is 20.2 Å². The van der Waals surface area contributed by atoms with Gasteiger partial charge in [0.1, 0.15) is 5.82 Å². The summed E-state index contributed by atoms with van der Waals surface area (Å²) in [7, 11) is 0. The fourth-order valence-corrected chi connectivity index (χ4v) is 4.22. The van der Waals surface area contributed by atoms with Crippen LogP contribution in [0.2, 0.25) is 0 Å². The van der Waals surface area contributed by atoms with E-state index in [4.69, 9.17) is 16.6 Å². The molecule has 1 saturated heterocycles. The maximum atomic E-state index is 12.3. The molecule has 0 aliphatic carbocycles. The second-order valence-corrected chi connectivity index (χ2v) is 7.98. The van der Waals surface area contributed by atoms with E-state index in [0.717, 1.165) is 47.9 Å². The highest BCUT2D eigenvalue weighted by atomic mass is 35.5. The van der Waals surface area contributed by atoms with E-state index in [1.807, 2.05) is 25.1 Å².